The van der Waals surface area contributed by atoms with Crippen molar-refractivity contribution in [3.63, 3.8) is 0 Å². The van der Waals surface area contributed by atoms with E-state index in [4.69, 9.17) is 5.73 Å². The standard InChI is InChI=1S/C8H17N3O/c1-2-4-10-8(12)11-5-3-7(9)6-11/h7H,2-6,9H2,1H3,(H,10,12)/t7-/m1/s1. The maximum atomic E-state index is 11.3. The number of hydrogen-bond acceptors (Lipinski definition) is 2. The van der Waals surface area contributed by atoms with E-state index in [0.29, 0.717) is 6.54 Å². The van der Waals surface area contributed by atoms with Gasteiger partial charge in [-0.3, -0.25) is 0 Å². The van der Waals surface area contributed by atoms with E-state index in [1.54, 1.807) is 4.90 Å². The van der Waals surface area contributed by atoms with E-state index in [0.717, 1.165) is 25.9 Å². The minimum Gasteiger partial charge on any atom is -0.338 e. The zero-order valence-corrected chi connectivity index (χ0v) is 7.55. The van der Waals surface area contributed by atoms with Crippen molar-refractivity contribution in [1.82, 2.24) is 10.2 Å². The predicted molar refractivity (Wildman–Crippen MR) is 47.9 cm³/mol. The second-order valence-corrected chi connectivity index (χ2v) is 3.23. The summed E-state index contributed by atoms with van der Waals surface area (Å²) in [6.07, 6.45) is 1.91. The average molecular weight is 171 g/mol. The van der Waals surface area contributed by atoms with Crippen molar-refractivity contribution in [3.8, 4) is 0 Å². The number of urea groups is 1. The van der Waals surface area contributed by atoms with Crippen LogP contribution in [-0.2, 0) is 0 Å². The van der Waals surface area contributed by atoms with Crippen molar-refractivity contribution in [3.05, 3.63) is 0 Å². The van der Waals surface area contributed by atoms with Crippen LogP contribution in [0.2, 0.25) is 0 Å². The molecule has 0 radical (unpaired) electrons. The second-order valence-electron chi connectivity index (χ2n) is 3.23. The van der Waals surface area contributed by atoms with Crippen LogP contribution in [0.15, 0.2) is 0 Å². The summed E-state index contributed by atoms with van der Waals surface area (Å²) in [5, 5.41) is 2.83. The fourth-order valence-corrected chi connectivity index (χ4v) is 1.32. The first-order valence-electron chi connectivity index (χ1n) is 4.52. The number of carbonyl (C=O) groups is 1. The Balaban J connectivity index is 2.23. The van der Waals surface area contributed by atoms with Gasteiger partial charge in [-0.05, 0) is 12.8 Å². The van der Waals surface area contributed by atoms with Gasteiger partial charge < -0.3 is 16.0 Å². The highest BCUT2D eigenvalue weighted by atomic mass is 16.2. The van der Waals surface area contributed by atoms with Crippen molar-refractivity contribution in [1.29, 1.82) is 0 Å². The van der Waals surface area contributed by atoms with Gasteiger partial charge in [-0.25, -0.2) is 4.79 Å². The third kappa shape index (κ3) is 2.37. The number of rotatable bonds is 2. The van der Waals surface area contributed by atoms with E-state index in [1.165, 1.54) is 0 Å². The summed E-state index contributed by atoms with van der Waals surface area (Å²) in [6.45, 7) is 4.30. The molecule has 1 fully saturated rings. The Morgan fingerprint density at radius 1 is 1.75 bits per heavy atom. The molecule has 4 heteroatoms. The van der Waals surface area contributed by atoms with E-state index in [9.17, 15) is 4.79 Å². The molecule has 4 nitrogen and oxygen atoms in total. The van der Waals surface area contributed by atoms with Crippen LogP contribution in [0.25, 0.3) is 0 Å². The quantitative estimate of drug-likeness (QED) is 0.621. The van der Waals surface area contributed by atoms with Crippen molar-refractivity contribution >= 4 is 6.03 Å². The van der Waals surface area contributed by atoms with Gasteiger partial charge in [0.05, 0.1) is 0 Å². The first-order valence-corrected chi connectivity index (χ1v) is 4.52. The maximum absolute atomic E-state index is 11.3. The lowest BCUT2D eigenvalue weighted by atomic mass is 10.3. The van der Waals surface area contributed by atoms with Gasteiger partial charge in [-0.1, -0.05) is 6.92 Å². The molecule has 0 aromatic carbocycles. The molecule has 1 atom stereocenters. The first kappa shape index (κ1) is 9.32. The Labute approximate surface area is 73.1 Å². The van der Waals surface area contributed by atoms with E-state index < -0.39 is 0 Å². The van der Waals surface area contributed by atoms with Gasteiger partial charge in [-0.2, -0.15) is 0 Å². The normalized spacial score (nSPS) is 22.8. The van der Waals surface area contributed by atoms with Crippen molar-refractivity contribution in [2.75, 3.05) is 19.6 Å². The molecule has 3 N–H and O–H groups in total. The van der Waals surface area contributed by atoms with Crippen LogP contribution in [0, 0.1) is 0 Å². The van der Waals surface area contributed by atoms with E-state index >= 15 is 0 Å². The molecule has 12 heavy (non-hydrogen) atoms. The summed E-state index contributed by atoms with van der Waals surface area (Å²) in [5.41, 5.74) is 5.67. The van der Waals surface area contributed by atoms with Gasteiger partial charge in [0.1, 0.15) is 0 Å². The van der Waals surface area contributed by atoms with Crippen LogP contribution >= 0.6 is 0 Å². The Kier molecular flexibility index (Phi) is 3.34. The number of likely N-dealkylation sites (tertiary alicyclic amines) is 1. The molecule has 0 unspecified atom stereocenters. The molecule has 1 saturated heterocycles. The molecule has 0 aromatic rings. The average Bonchev–Trinajstić information content (AvgIpc) is 2.47. The molecule has 2 amide bonds. The van der Waals surface area contributed by atoms with Crippen LogP contribution < -0.4 is 11.1 Å². The number of nitrogens with two attached hydrogens (primary N) is 1. The minimum atomic E-state index is 0.0322. The van der Waals surface area contributed by atoms with Crippen LogP contribution in [-0.4, -0.2) is 36.6 Å². The lowest BCUT2D eigenvalue weighted by Gasteiger charge is -2.15. The molecule has 1 aliphatic heterocycles. The summed E-state index contributed by atoms with van der Waals surface area (Å²) in [6, 6.07) is 0.210. The molecule has 70 valence electrons. The lowest BCUT2D eigenvalue weighted by Crippen LogP contribution is -2.40. The van der Waals surface area contributed by atoms with Crippen LogP contribution in [0.3, 0.4) is 0 Å². The Morgan fingerprint density at radius 2 is 2.50 bits per heavy atom. The topological polar surface area (TPSA) is 58.4 Å². The van der Waals surface area contributed by atoms with Gasteiger partial charge in [-0.15, -0.1) is 0 Å². The van der Waals surface area contributed by atoms with Gasteiger partial charge in [0.2, 0.25) is 0 Å². The van der Waals surface area contributed by atoms with Crippen molar-refractivity contribution < 1.29 is 4.79 Å². The van der Waals surface area contributed by atoms with Gasteiger partial charge in [0, 0.05) is 25.7 Å². The third-order valence-electron chi connectivity index (χ3n) is 2.04. The Hall–Kier alpha value is -0.770. The third-order valence-corrected chi connectivity index (χ3v) is 2.04. The molecule has 1 rings (SSSR count). The fourth-order valence-electron chi connectivity index (χ4n) is 1.32. The number of nitrogens with one attached hydrogen (secondary N) is 1. The molecule has 0 saturated carbocycles. The highest BCUT2D eigenvalue weighted by Crippen LogP contribution is 2.06. The predicted octanol–water partition coefficient (Wildman–Crippen LogP) is 0.139. The molecule has 0 aromatic heterocycles. The van der Waals surface area contributed by atoms with Gasteiger partial charge >= 0.3 is 6.03 Å². The highest BCUT2D eigenvalue weighted by Gasteiger charge is 2.22. The number of hydrogen-bond donors (Lipinski definition) is 2. The minimum absolute atomic E-state index is 0.0322. The zero-order chi connectivity index (χ0) is 8.97. The molecule has 0 spiro atoms. The lowest BCUT2D eigenvalue weighted by molar-refractivity contribution is 0.208. The Morgan fingerprint density at radius 3 is 3.00 bits per heavy atom. The maximum Gasteiger partial charge on any atom is 0.317 e. The zero-order valence-electron chi connectivity index (χ0n) is 7.55. The molecule has 1 aliphatic rings. The van der Waals surface area contributed by atoms with Crippen LogP contribution in [0.5, 0.6) is 0 Å². The summed E-state index contributed by atoms with van der Waals surface area (Å²) in [4.78, 5) is 13.1. The summed E-state index contributed by atoms with van der Waals surface area (Å²) in [7, 11) is 0. The van der Waals surface area contributed by atoms with Gasteiger partial charge in [0.25, 0.3) is 0 Å². The smallest absolute Gasteiger partial charge is 0.317 e. The van der Waals surface area contributed by atoms with Crippen LogP contribution in [0.4, 0.5) is 4.79 Å². The molecule has 0 bridgehead atoms. The molecular formula is C8H17N3O. The van der Waals surface area contributed by atoms with E-state index in [-0.39, 0.29) is 12.1 Å². The SMILES string of the molecule is CCCNC(=O)N1CC[C@@H](N)C1. The molecule has 0 aliphatic carbocycles. The van der Waals surface area contributed by atoms with Crippen molar-refractivity contribution in [2.45, 2.75) is 25.8 Å². The molecule has 1 heterocycles. The summed E-state index contributed by atoms with van der Waals surface area (Å²) in [5.74, 6) is 0. The summed E-state index contributed by atoms with van der Waals surface area (Å²) >= 11 is 0. The number of amides is 2. The Bertz CT molecular complexity index is 160. The van der Waals surface area contributed by atoms with Crippen molar-refractivity contribution in [2.24, 2.45) is 5.73 Å². The fraction of sp³-hybridized carbons (Fsp3) is 0.875. The summed E-state index contributed by atoms with van der Waals surface area (Å²) < 4.78 is 0. The monoisotopic (exact) mass is 171 g/mol. The van der Waals surface area contributed by atoms with E-state index in [1.807, 2.05) is 6.92 Å². The molecular weight excluding hydrogens is 154 g/mol. The highest BCUT2D eigenvalue weighted by molar-refractivity contribution is 5.74. The second kappa shape index (κ2) is 4.30. The van der Waals surface area contributed by atoms with E-state index in [2.05, 4.69) is 5.32 Å². The number of carbonyl (C=O) groups excluding carboxylic acids is 1. The van der Waals surface area contributed by atoms with Crippen LogP contribution in [0.1, 0.15) is 19.8 Å². The number of nitrogens with zero attached hydrogens (tertiary/aromatic N) is 1. The van der Waals surface area contributed by atoms with Gasteiger partial charge in [0.15, 0.2) is 0 Å². The largest absolute Gasteiger partial charge is 0.338 e. The first-order chi connectivity index (χ1) is 5.74.